The first-order valence-electron chi connectivity index (χ1n) is 5.87. The first kappa shape index (κ1) is 14.0. The van der Waals surface area contributed by atoms with Gasteiger partial charge in [-0.1, -0.05) is 0 Å². The molecule has 0 spiro atoms. The zero-order valence-corrected chi connectivity index (χ0v) is 10.8. The Hall–Kier alpha value is -2.04. The minimum absolute atomic E-state index is 0.0323. The third-order valence-electron chi connectivity index (χ3n) is 2.53. The minimum atomic E-state index is 0.0323. The summed E-state index contributed by atoms with van der Waals surface area (Å²) in [5.74, 6) is 0.792. The predicted octanol–water partition coefficient (Wildman–Crippen LogP) is 2.03. The summed E-state index contributed by atoms with van der Waals surface area (Å²) in [5.41, 5.74) is 0.627. The molecular formula is C14H17N3O. The summed E-state index contributed by atoms with van der Waals surface area (Å²) in [6.07, 6.45) is 0. The molecule has 4 heteroatoms. The third-order valence-corrected chi connectivity index (χ3v) is 2.53. The van der Waals surface area contributed by atoms with Gasteiger partial charge in [-0.25, -0.2) is 0 Å². The van der Waals surface area contributed by atoms with Crippen LogP contribution in [0.25, 0.3) is 0 Å². The van der Waals surface area contributed by atoms with Crippen LogP contribution >= 0.6 is 0 Å². The number of ether oxygens (including phenoxy) is 1. The van der Waals surface area contributed by atoms with Gasteiger partial charge in [0.15, 0.2) is 0 Å². The number of benzene rings is 1. The molecule has 18 heavy (non-hydrogen) atoms. The van der Waals surface area contributed by atoms with E-state index in [-0.39, 0.29) is 5.92 Å². The lowest BCUT2D eigenvalue weighted by Gasteiger charge is -2.17. The Labute approximate surface area is 108 Å². The molecule has 1 aromatic rings. The molecule has 0 saturated heterocycles. The number of nitriles is 2. The molecule has 0 heterocycles. The second-order valence-electron chi connectivity index (χ2n) is 4.28. The van der Waals surface area contributed by atoms with Crippen LogP contribution in [0.15, 0.2) is 24.3 Å². The zero-order chi connectivity index (χ0) is 13.4. The zero-order valence-electron chi connectivity index (χ0n) is 10.8. The molecule has 0 aliphatic carbocycles. The Morgan fingerprint density at radius 1 is 1.28 bits per heavy atom. The van der Waals surface area contributed by atoms with Gasteiger partial charge in [0, 0.05) is 13.1 Å². The smallest absolute Gasteiger partial charge is 0.119 e. The average Bonchev–Trinajstić information content (AvgIpc) is 2.39. The molecule has 0 bridgehead atoms. The predicted molar refractivity (Wildman–Crippen MR) is 68.9 cm³/mol. The van der Waals surface area contributed by atoms with Crippen molar-refractivity contribution in [2.24, 2.45) is 5.92 Å². The summed E-state index contributed by atoms with van der Waals surface area (Å²) >= 11 is 0. The molecule has 0 fully saturated rings. The van der Waals surface area contributed by atoms with E-state index >= 15 is 0 Å². The Balaban J connectivity index is 2.29. The lowest BCUT2D eigenvalue weighted by molar-refractivity contribution is 0.228. The molecule has 1 rings (SSSR count). The van der Waals surface area contributed by atoms with Crippen molar-refractivity contribution in [2.45, 2.75) is 6.92 Å². The van der Waals surface area contributed by atoms with Crippen molar-refractivity contribution < 1.29 is 4.74 Å². The topological polar surface area (TPSA) is 60.1 Å². The van der Waals surface area contributed by atoms with Gasteiger partial charge < -0.3 is 9.64 Å². The number of nitrogens with zero attached hydrogens (tertiary/aromatic N) is 3. The first-order chi connectivity index (χ1) is 8.65. The molecule has 1 unspecified atom stereocenters. The van der Waals surface area contributed by atoms with Gasteiger partial charge in [-0.3, -0.25) is 0 Å². The fourth-order valence-electron chi connectivity index (χ4n) is 1.54. The van der Waals surface area contributed by atoms with Crippen LogP contribution in [0.5, 0.6) is 5.75 Å². The van der Waals surface area contributed by atoms with Crippen molar-refractivity contribution >= 4 is 0 Å². The number of rotatable bonds is 6. The molecule has 0 aromatic heterocycles. The Morgan fingerprint density at radius 3 is 2.50 bits per heavy atom. The normalized spacial score (nSPS) is 11.6. The van der Waals surface area contributed by atoms with E-state index in [1.54, 1.807) is 24.3 Å². The summed E-state index contributed by atoms with van der Waals surface area (Å²) in [5, 5.41) is 17.4. The first-order valence-corrected chi connectivity index (χ1v) is 5.87. The molecule has 1 atom stereocenters. The van der Waals surface area contributed by atoms with E-state index in [1.165, 1.54) is 0 Å². The lowest BCUT2D eigenvalue weighted by atomic mass is 10.2. The average molecular weight is 243 g/mol. The highest BCUT2D eigenvalue weighted by atomic mass is 16.5. The van der Waals surface area contributed by atoms with Gasteiger partial charge in [-0.2, -0.15) is 10.5 Å². The van der Waals surface area contributed by atoms with Gasteiger partial charge in [0.1, 0.15) is 12.4 Å². The maximum Gasteiger partial charge on any atom is 0.119 e. The van der Waals surface area contributed by atoms with Crippen LogP contribution in [-0.2, 0) is 0 Å². The Morgan fingerprint density at radius 2 is 1.94 bits per heavy atom. The van der Waals surface area contributed by atoms with Crippen molar-refractivity contribution in [1.82, 2.24) is 4.90 Å². The number of likely N-dealkylation sites (N-methyl/N-ethyl adjacent to an activating group) is 1. The quantitative estimate of drug-likeness (QED) is 0.767. The monoisotopic (exact) mass is 243 g/mol. The molecule has 0 saturated carbocycles. The molecule has 1 aromatic carbocycles. The summed E-state index contributed by atoms with van der Waals surface area (Å²) in [4.78, 5) is 2.07. The van der Waals surface area contributed by atoms with E-state index in [4.69, 9.17) is 15.3 Å². The van der Waals surface area contributed by atoms with Crippen molar-refractivity contribution in [2.75, 3.05) is 26.7 Å². The highest BCUT2D eigenvalue weighted by Crippen LogP contribution is 2.11. The van der Waals surface area contributed by atoms with Gasteiger partial charge in [0.25, 0.3) is 0 Å². The van der Waals surface area contributed by atoms with E-state index in [0.717, 1.165) is 18.8 Å². The second kappa shape index (κ2) is 7.32. The molecule has 0 amide bonds. The Kier molecular flexibility index (Phi) is 5.70. The molecule has 0 N–H and O–H groups in total. The van der Waals surface area contributed by atoms with Crippen LogP contribution in [0.1, 0.15) is 12.5 Å². The van der Waals surface area contributed by atoms with E-state index in [1.807, 2.05) is 14.0 Å². The highest BCUT2D eigenvalue weighted by molar-refractivity contribution is 5.34. The fourth-order valence-corrected chi connectivity index (χ4v) is 1.54. The van der Waals surface area contributed by atoms with Crippen LogP contribution in [0.4, 0.5) is 0 Å². The fraction of sp³-hybridized carbons (Fsp3) is 0.429. The van der Waals surface area contributed by atoms with E-state index < -0.39 is 0 Å². The number of hydrogen-bond acceptors (Lipinski definition) is 4. The summed E-state index contributed by atoms with van der Waals surface area (Å²) < 4.78 is 5.56. The van der Waals surface area contributed by atoms with Crippen LogP contribution in [-0.4, -0.2) is 31.6 Å². The lowest BCUT2D eigenvalue weighted by Crippen LogP contribution is -2.28. The van der Waals surface area contributed by atoms with E-state index in [2.05, 4.69) is 17.0 Å². The standard InChI is InChI=1S/C14H17N3O/c1-12(9-15)11-17(2)7-8-18-14-5-3-13(10-16)4-6-14/h3-6,12H,7-8,11H2,1-2H3. The van der Waals surface area contributed by atoms with Crippen molar-refractivity contribution in [3.8, 4) is 17.9 Å². The van der Waals surface area contributed by atoms with Gasteiger partial charge in [0.2, 0.25) is 0 Å². The van der Waals surface area contributed by atoms with E-state index in [9.17, 15) is 0 Å². The van der Waals surface area contributed by atoms with Gasteiger partial charge in [-0.05, 0) is 38.2 Å². The SMILES string of the molecule is CC(C#N)CN(C)CCOc1ccc(C#N)cc1. The van der Waals surface area contributed by atoms with Crippen molar-refractivity contribution in [1.29, 1.82) is 10.5 Å². The van der Waals surface area contributed by atoms with Gasteiger partial charge in [0.05, 0.1) is 23.6 Å². The van der Waals surface area contributed by atoms with Crippen molar-refractivity contribution in [3.63, 3.8) is 0 Å². The summed E-state index contributed by atoms with van der Waals surface area (Å²) in [6, 6.07) is 11.3. The molecule has 0 aliphatic heterocycles. The third kappa shape index (κ3) is 4.86. The van der Waals surface area contributed by atoms with E-state index in [0.29, 0.717) is 12.2 Å². The summed E-state index contributed by atoms with van der Waals surface area (Å²) in [6.45, 7) is 3.98. The molecule has 0 aliphatic rings. The highest BCUT2D eigenvalue weighted by Gasteiger charge is 2.04. The van der Waals surface area contributed by atoms with Gasteiger partial charge >= 0.3 is 0 Å². The molecular weight excluding hydrogens is 226 g/mol. The molecule has 0 radical (unpaired) electrons. The Bertz CT molecular complexity index is 442. The van der Waals surface area contributed by atoms with Crippen LogP contribution in [0.2, 0.25) is 0 Å². The molecule has 4 nitrogen and oxygen atoms in total. The minimum Gasteiger partial charge on any atom is -0.492 e. The van der Waals surface area contributed by atoms with Crippen LogP contribution < -0.4 is 4.74 Å². The largest absolute Gasteiger partial charge is 0.492 e. The van der Waals surface area contributed by atoms with Crippen molar-refractivity contribution in [3.05, 3.63) is 29.8 Å². The maximum absolute atomic E-state index is 8.70. The maximum atomic E-state index is 8.70. The second-order valence-corrected chi connectivity index (χ2v) is 4.28. The van der Waals surface area contributed by atoms with Crippen LogP contribution in [0.3, 0.4) is 0 Å². The van der Waals surface area contributed by atoms with Crippen LogP contribution in [0, 0.1) is 28.6 Å². The van der Waals surface area contributed by atoms with Gasteiger partial charge in [-0.15, -0.1) is 0 Å². The molecule has 94 valence electrons. The summed E-state index contributed by atoms with van der Waals surface area (Å²) in [7, 11) is 1.97. The number of hydrogen-bond donors (Lipinski definition) is 0.